The maximum Gasteiger partial charge on any atom is 0.234 e. The van der Waals surface area contributed by atoms with Gasteiger partial charge in [-0.1, -0.05) is 30.3 Å². The Morgan fingerprint density at radius 3 is 2.64 bits per heavy atom. The van der Waals surface area contributed by atoms with Gasteiger partial charge >= 0.3 is 0 Å². The number of carbonyl (C=O) groups excluding carboxylic acids is 3. The van der Waals surface area contributed by atoms with Crippen LogP contribution in [-0.2, 0) is 14.4 Å². The first-order chi connectivity index (χ1) is 10.5. The Balaban J connectivity index is 1.71. The summed E-state index contributed by atoms with van der Waals surface area (Å²) in [4.78, 5) is 37.9. The number of carbonyl (C=O) groups is 3. The minimum absolute atomic E-state index is 0.0489. The lowest BCUT2D eigenvalue weighted by molar-refractivity contribution is -0.141. The Hall–Kier alpha value is -2.17. The lowest BCUT2D eigenvalue weighted by atomic mass is 9.79. The van der Waals surface area contributed by atoms with Crippen LogP contribution in [0.15, 0.2) is 30.3 Å². The Morgan fingerprint density at radius 1 is 1.23 bits per heavy atom. The molecule has 3 amide bonds. The molecule has 0 aliphatic carbocycles. The summed E-state index contributed by atoms with van der Waals surface area (Å²) in [6.07, 6.45) is 1.54. The third kappa shape index (κ3) is 2.51. The van der Waals surface area contributed by atoms with E-state index in [1.165, 1.54) is 0 Å². The zero-order chi connectivity index (χ0) is 15.7. The fourth-order valence-corrected chi connectivity index (χ4v) is 3.40. The lowest BCUT2D eigenvalue weighted by Gasteiger charge is -2.31. The predicted octanol–water partition coefficient (Wildman–Crippen LogP) is 1.45. The number of benzene rings is 1. The van der Waals surface area contributed by atoms with Crippen molar-refractivity contribution >= 4 is 17.7 Å². The van der Waals surface area contributed by atoms with E-state index >= 15 is 0 Å². The summed E-state index contributed by atoms with van der Waals surface area (Å²) in [6.45, 7) is 2.90. The second kappa shape index (κ2) is 5.55. The highest BCUT2D eigenvalue weighted by Gasteiger charge is 2.48. The molecule has 5 nitrogen and oxygen atoms in total. The molecule has 3 rings (SSSR count). The summed E-state index contributed by atoms with van der Waals surface area (Å²) in [5.74, 6) is -0.595. The quantitative estimate of drug-likeness (QED) is 0.841. The lowest BCUT2D eigenvalue weighted by Crippen LogP contribution is -2.50. The standard InChI is InChI=1S/C17H20N2O3/c1-12(13-5-3-2-4-6-13)15(21)19-10-9-17(11-19)8-7-14(20)18-16(17)22/h2-6,12H,7-11H2,1H3,(H,18,20,22). The first-order valence-electron chi connectivity index (χ1n) is 7.70. The van der Waals surface area contributed by atoms with Crippen LogP contribution in [0, 0.1) is 5.41 Å². The van der Waals surface area contributed by atoms with Gasteiger partial charge in [0.05, 0.1) is 11.3 Å². The Bertz CT molecular complexity index is 614. The second-order valence-electron chi connectivity index (χ2n) is 6.30. The van der Waals surface area contributed by atoms with Crippen LogP contribution in [0.25, 0.3) is 0 Å². The van der Waals surface area contributed by atoms with Crippen LogP contribution in [0.3, 0.4) is 0 Å². The van der Waals surface area contributed by atoms with E-state index in [1.807, 2.05) is 37.3 Å². The minimum atomic E-state index is -0.569. The van der Waals surface area contributed by atoms with Crippen LogP contribution in [-0.4, -0.2) is 35.7 Å². The van der Waals surface area contributed by atoms with Gasteiger partial charge < -0.3 is 4.90 Å². The second-order valence-corrected chi connectivity index (χ2v) is 6.30. The summed E-state index contributed by atoms with van der Waals surface area (Å²) in [6, 6.07) is 9.66. The molecule has 2 saturated heterocycles. The van der Waals surface area contributed by atoms with E-state index < -0.39 is 5.41 Å². The molecule has 2 fully saturated rings. The van der Waals surface area contributed by atoms with Crippen molar-refractivity contribution in [1.82, 2.24) is 10.2 Å². The van der Waals surface area contributed by atoms with Crippen LogP contribution < -0.4 is 5.32 Å². The topological polar surface area (TPSA) is 66.5 Å². The first-order valence-corrected chi connectivity index (χ1v) is 7.70. The van der Waals surface area contributed by atoms with E-state index in [0.717, 1.165) is 5.56 Å². The Labute approximate surface area is 129 Å². The molecule has 0 aromatic heterocycles. The van der Waals surface area contributed by atoms with Crippen molar-refractivity contribution in [3.05, 3.63) is 35.9 Å². The van der Waals surface area contributed by atoms with Gasteiger partial charge in [-0.05, 0) is 25.3 Å². The molecule has 1 aromatic rings. The third-order valence-corrected chi connectivity index (χ3v) is 4.90. The van der Waals surface area contributed by atoms with Gasteiger partial charge in [0.2, 0.25) is 17.7 Å². The number of nitrogens with zero attached hydrogens (tertiary/aromatic N) is 1. The Morgan fingerprint density at radius 2 is 1.95 bits per heavy atom. The number of amides is 3. The molecular weight excluding hydrogens is 280 g/mol. The van der Waals surface area contributed by atoms with Crippen molar-refractivity contribution in [3.63, 3.8) is 0 Å². The minimum Gasteiger partial charge on any atom is -0.341 e. The molecule has 2 atom stereocenters. The molecule has 116 valence electrons. The van der Waals surface area contributed by atoms with Gasteiger partial charge in [0.1, 0.15) is 0 Å². The fraction of sp³-hybridized carbons (Fsp3) is 0.471. The van der Waals surface area contributed by atoms with Gasteiger partial charge in [0, 0.05) is 19.5 Å². The normalized spacial score (nSPS) is 26.1. The summed E-state index contributed by atoms with van der Waals surface area (Å²) in [5.41, 5.74) is 0.414. The van der Waals surface area contributed by atoms with Gasteiger partial charge in [-0.2, -0.15) is 0 Å². The number of hydrogen-bond acceptors (Lipinski definition) is 3. The van der Waals surface area contributed by atoms with Crippen LogP contribution in [0.5, 0.6) is 0 Å². The molecule has 1 N–H and O–H groups in total. The van der Waals surface area contributed by atoms with Crippen molar-refractivity contribution in [3.8, 4) is 0 Å². The van der Waals surface area contributed by atoms with Crippen molar-refractivity contribution in [2.24, 2.45) is 5.41 Å². The summed E-state index contributed by atoms with van der Waals surface area (Å²) >= 11 is 0. The van der Waals surface area contributed by atoms with Crippen LogP contribution in [0.1, 0.15) is 37.7 Å². The molecule has 0 radical (unpaired) electrons. The number of rotatable bonds is 2. The van der Waals surface area contributed by atoms with E-state index in [-0.39, 0.29) is 23.6 Å². The van der Waals surface area contributed by atoms with Gasteiger partial charge in [-0.3, -0.25) is 19.7 Å². The maximum absolute atomic E-state index is 12.7. The molecule has 5 heteroatoms. The predicted molar refractivity (Wildman–Crippen MR) is 80.9 cm³/mol. The fourth-order valence-electron chi connectivity index (χ4n) is 3.40. The number of likely N-dealkylation sites (tertiary alicyclic amines) is 1. The molecule has 2 unspecified atom stereocenters. The number of piperidine rings is 1. The molecular formula is C17H20N2O3. The van der Waals surface area contributed by atoms with E-state index in [1.54, 1.807) is 4.90 Å². The van der Waals surface area contributed by atoms with Gasteiger partial charge in [-0.25, -0.2) is 0 Å². The largest absolute Gasteiger partial charge is 0.341 e. The SMILES string of the molecule is CC(C(=O)N1CCC2(CCC(=O)NC2=O)C1)c1ccccc1. The summed E-state index contributed by atoms with van der Waals surface area (Å²) in [5, 5.41) is 2.42. The zero-order valence-electron chi connectivity index (χ0n) is 12.7. The van der Waals surface area contributed by atoms with E-state index in [0.29, 0.717) is 32.4 Å². The van der Waals surface area contributed by atoms with Crippen LogP contribution in [0.4, 0.5) is 0 Å². The number of nitrogens with one attached hydrogen (secondary N) is 1. The zero-order valence-corrected chi connectivity index (χ0v) is 12.7. The molecule has 2 heterocycles. The molecule has 2 aliphatic rings. The monoisotopic (exact) mass is 300 g/mol. The van der Waals surface area contributed by atoms with E-state index in [9.17, 15) is 14.4 Å². The number of imide groups is 1. The molecule has 1 aromatic carbocycles. The highest BCUT2D eigenvalue weighted by molar-refractivity contribution is 6.01. The van der Waals surface area contributed by atoms with Gasteiger partial charge in [-0.15, -0.1) is 0 Å². The van der Waals surface area contributed by atoms with Crippen molar-refractivity contribution in [2.45, 2.75) is 32.1 Å². The summed E-state index contributed by atoms with van der Waals surface area (Å²) in [7, 11) is 0. The van der Waals surface area contributed by atoms with Crippen molar-refractivity contribution in [2.75, 3.05) is 13.1 Å². The van der Waals surface area contributed by atoms with Gasteiger partial charge in [0.15, 0.2) is 0 Å². The van der Waals surface area contributed by atoms with Crippen LogP contribution in [0.2, 0.25) is 0 Å². The highest BCUT2D eigenvalue weighted by atomic mass is 16.2. The van der Waals surface area contributed by atoms with E-state index in [2.05, 4.69) is 5.32 Å². The Kier molecular flexibility index (Phi) is 3.72. The van der Waals surface area contributed by atoms with Crippen molar-refractivity contribution in [1.29, 1.82) is 0 Å². The average Bonchev–Trinajstić information content (AvgIpc) is 2.96. The van der Waals surface area contributed by atoms with Gasteiger partial charge in [0.25, 0.3) is 0 Å². The van der Waals surface area contributed by atoms with Crippen molar-refractivity contribution < 1.29 is 14.4 Å². The molecule has 0 bridgehead atoms. The molecule has 0 saturated carbocycles. The smallest absolute Gasteiger partial charge is 0.234 e. The third-order valence-electron chi connectivity index (χ3n) is 4.90. The first kappa shape index (κ1) is 14.8. The van der Waals surface area contributed by atoms with Crippen LogP contribution >= 0.6 is 0 Å². The molecule has 22 heavy (non-hydrogen) atoms. The number of hydrogen-bond donors (Lipinski definition) is 1. The maximum atomic E-state index is 12.7. The average molecular weight is 300 g/mol. The molecule has 2 aliphatic heterocycles. The highest BCUT2D eigenvalue weighted by Crippen LogP contribution is 2.38. The summed E-state index contributed by atoms with van der Waals surface area (Å²) < 4.78 is 0. The molecule has 1 spiro atoms. The van der Waals surface area contributed by atoms with E-state index in [4.69, 9.17) is 0 Å².